The zero-order chi connectivity index (χ0) is 17.1. The van der Waals surface area contributed by atoms with E-state index in [4.69, 9.17) is 0 Å². The molecule has 0 aliphatic carbocycles. The Morgan fingerprint density at radius 1 is 1.17 bits per heavy atom. The molecule has 0 saturated carbocycles. The van der Waals surface area contributed by atoms with Crippen LogP contribution in [0.5, 0.6) is 0 Å². The number of rotatable bonds is 3. The fourth-order valence-corrected chi connectivity index (χ4v) is 2.96. The highest BCUT2D eigenvalue weighted by atomic mass is 19.1. The van der Waals surface area contributed by atoms with Gasteiger partial charge in [0.15, 0.2) is 0 Å². The van der Waals surface area contributed by atoms with Crippen LogP contribution in [0.2, 0.25) is 0 Å². The van der Waals surface area contributed by atoms with Crippen LogP contribution in [-0.2, 0) is 0 Å². The number of piperidine rings is 1. The number of anilines is 2. The van der Waals surface area contributed by atoms with Gasteiger partial charge in [0, 0.05) is 30.0 Å². The predicted octanol–water partition coefficient (Wildman–Crippen LogP) is 3.35. The molecule has 1 fully saturated rings. The van der Waals surface area contributed by atoms with Crippen molar-refractivity contribution in [2.45, 2.75) is 25.9 Å². The summed E-state index contributed by atoms with van der Waals surface area (Å²) in [4.78, 5) is 14.5. The quantitative estimate of drug-likeness (QED) is 0.908. The summed E-state index contributed by atoms with van der Waals surface area (Å²) in [6, 6.07) is 11.8. The van der Waals surface area contributed by atoms with Gasteiger partial charge in [-0.05, 0) is 67.8 Å². The molecule has 0 unspecified atom stereocenters. The largest absolute Gasteiger partial charge is 0.393 e. The molecular weight excluding hydrogens is 307 g/mol. The van der Waals surface area contributed by atoms with E-state index in [-0.39, 0.29) is 17.8 Å². The summed E-state index contributed by atoms with van der Waals surface area (Å²) in [5.74, 6) is -0.631. The number of benzene rings is 2. The van der Waals surface area contributed by atoms with Gasteiger partial charge in [-0.2, -0.15) is 0 Å². The third-order valence-corrected chi connectivity index (χ3v) is 4.26. The molecule has 1 amide bonds. The van der Waals surface area contributed by atoms with E-state index >= 15 is 0 Å². The Balaban J connectivity index is 1.67. The SMILES string of the molecule is Cc1cc(F)cc(NC(=O)c2ccc(N3CCC(O)CC3)cc2)c1. The molecule has 24 heavy (non-hydrogen) atoms. The number of carbonyl (C=O) groups is 1. The second kappa shape index (κ2) is 7.01. The van der Waals surface area contributed by atoms with E-state index in [0.717, 1.165) is 37.2 Å². The van der Waals surface area contributed by atoms with Gasteiger partial charge in [0.25, 0.3) is 5.91 Å². The van der Waals surface area contributed by atoms with Crippen molar-refractivity contribution >= 4 is 17.3 Å². The van der Waals surface area contributed by atoms with Gasteiger partial charge in [-0.1, -0.05) is 0 Å². The summed E-state index contributed by atoms with van der Waals surface area (Å²) in [6.45, 7) is 3.41. The minimum Gasteiger partial charge on any atom is -0.393 e. The first-order valence-electron chi connectivity index (χ1n) is 8.13. The Bertz CT molecular complexity index is 702. The van der Waals surface area contributed by atoms with E-state index < -0.39 is 0 Å². The van der Waals surface area contributed by atoms with E-state index in [0.29, 0.717) is 11.3 Å². The zero-order valence-electron chi connectivity index (χ0n) is 13.6. The highest BCUT2D eigenvalue weighted by Gasteiger charge is 2.17. The second-order valence-electron chi connectivity index (χ2n) is 6.24. The molecule has 1 aliphatic heterocycles. The van der Waals surface area contributed by atoms with Crippen LogP contribution in [0, 0.1) is 12.7 Å². The number of carbonyl (C=O) groups excluding carboxylic acids is 1. The van der Waals surface area contributed by atoms with Gasteiger partial charge < -0.3 is 15.3 Å². The molecule has 0 aromatic heterocycles. The molecule has 0 atom stereocenters. The average Bonchev–Trinajstić information content (AvgIpc) is 2.55. The number of nitrogens with zero attached hydrogens (tertiary/aromatic N) is 1. The highest BCUT2D eigenvalue weighted by Crippen LogP contribution is 2.21. The second-order valence-corrected chi connectivity index (χ2v) is 6.24. The lowest BCUT2D eigenvalue weighted by Crippen LogP contribution is -2.35. The molecular formula is C19H21FN2O2. The van der Waals surface area contributed by atoms with Crippen LogP contribution in [0.3, 0.4) is 0 Å². The smallest absolute Gasteiger partial charge is 0.255 e. The number of aryl methyl sites for hydroxylation is 1. The van der Waals surface area contributed by atoms with E-state index in [9.17, 15) is 14.3 Å². The van der Waals surface area contributed by atoms with Gasteiger partial charge >= 0.3 is 0 Å². The van der Waals surface area contributed by atoms with Crippen LogP contribution < -0.4 is 10.2 Å². The van der Waals surface area contributed by atoms with E-state index in [2.05, 4.69) is 10.2 Å². The Kier molecular flexibility index (Phi) is 4.81. The monoisotopic (exact) mass is 328 g/mol. The number of aliphatic hydroxyl groups excluding tert-OH is 1. The minimum absolute atomic E-state index is 0.207. The van der Waals surface area contributed by atoms with Crippen molar-refractivity contribution in [3.8, 4) is 0 Å². The summed E-state index contributed by atoms with van der Waals surface area (Å²) in [5.41, 5.74) is 2.78. The molecule has 1 aliphatic rings. The molecule has 4 nitrogen and oxygen atoms in total. The molecule has 2 N–H and O–H groups in total. The van der Waals surface area contributed by atoms with Gasteiger partial charge in [0.1, 0.15) is 5.82 Å². The van der Waals surface area contributed by atoms with E-state index in [1.54, 1.807) is 25.1 Å². The first kappa shape index (κ1) is 16.5. The normalized spacial score (nSPS) is 15.4. The topological polar surface area (TPSA) is 52.6 Å². The number of hydrogen-bond acceptors (Lipinski definition) is 3. The molecule has 5 heteroatoms. The van der Waals surface area contributed by atoms with Crippen molar-refractivity contribution < 1.29 is 14.3 Å². The van der Waals surface area contributed by atoms with E-state index in [1.807, 2.05) is 12.1 Å². The maximum absolute atomic E-state index is 13.4. The summed E-state index contributed by atoms with van der Waals surface area (Å²) in [5, 5.41) is 12.3. The lowest BCUT2D eigenvalue weighted by Gasteiger charge is -2.31. The summed E-state index contributed by atoms with van der Waals surface area (Å²) in [6.07, 6.45) is 1.32. The van der Waals surface area contributed by atoms with Gasteiger partial charge in [0.05, 0.1) is 6.10 Å². The number of halogens is 1. The Hall–Kier alpha value is -2.40. The third-order valence-electron chi connectivity index (χ3n) is 4.26. The summed E-state index contributed by atoms with van der Waals surface area (Å²) in [7, 11) is 0. The molecule has 1 saturated heterocycles. The Labute approximate surface area is 140 Å². The third kappa shape index (κ3) is 3.92. The first-order valence-corrected chi connectivity index (χ1v) is 8.13. The van der Waals surface area contributed by atoms with Crippen molar-refractivity contribution in [1.29, 1.82) is 0 Å². The van der Waals surface area contributed by atoms with Crippen molar-refractivity contribution in [3.05, 3.63) is 59.4 Å². The molecule has 126 valence electrons. The number of amides is 1. The van der Waals surface area contributed by atoms with Crippen LogP contribution >= 0.6 is 0 Å². The molecule has 0 bridgehead atoms. The number of aliphatic hydroxyl groups is 1. The Morgan fingerprint density at radius 3 is 2.46 bits per heavy atom. The van der Waals surface area contributed by atoms with Gasteiger partial charge in [-0.15, -0.1) is 0 Å². The van der Waals surface area contributed by atoms with Gasteiger partial charge in [0.2, 0.25) is 0 Å². The van der Waals surface area contributed by atoms with Crippen LogP contribution in [0.25, 0.3) is 0 Å². The van der Waals surface area contributed by atoms with E-state index in [1.165, 1.54) is 12.1 Å². The van der Waals surface area contributed by atoms with Crippen molar-refractivity contribution in [2.75, 3.05) is 23.3 Å². The van der Waals surface area contributed by atoms with Crippen molar-refractivity contribution in [2.24, 2.45) is 0 Å². The first-order chi connectivity index (χ1) is 11.5. The summed E-state index contributed by atoms with van der Waals surface area (Å²) < 4.78 is 13.4. The fraction of sp³-hybridized carbons (Fsp3) is 0.316. The van der Waals surface area contributed by atoms with Crippen LogP contribution in [0.4, 0.5) is 15.8 Å². The van der Waals surface area contributed by atoms with Gasteiger partial charge in [-0.25, -0.2) is 4.39 Å². The van der Waals surface area contributed by atoms with Gasteiger partial charge in [-0.3, -0.25) is 4.79 Å². The molecule has 2 aromatic carbocycles. The van der Waals surface area contributed by atoms with Crippen LogP contribution in [-0.4, -0.2) is 30.2 Å². The maximum atomic E-state index is 13.4. The molecule has 3 rings (SSSR count). The minimum atomic E-state index is -0.368. The fourth-order valence-electron chi connectivity index (χ4n) is 2.96. The maximum Gasteiger partial charge on any atom is 0.255 e. The number of hydrogen-bond donors (Lipinski definition) is 2. The number of nitrogens with one attached hydrogen (secondary N) is 1. The lowest BCUT2D eigenvalue weighted by atomic mass is 10.1. The van der Waals surface area contributed by atoms with Crippen molar-refractivity contribution in [3.63, 3.8) is 0 Å². The molecule has 0 spiro atoms. The Morgan fingerprint density at radius 2 is 1.83 bits per heavy atom. The van der Waals surface area contributed by atoms with Crippen molar-refractivity contribution in [1.82, 2.24) is 0 Å². The highest BCUT2D eigenvalue weighted by molar-refractivity contribution is 6.04. The summed E-state index contributed by atoms with van der Waals surface area (Å²) >= 11 is 0. The predicted molar refractivity (Wildman–Crippen MR) is 93.0 cm³/mol. The van der Waals surface area contributed by atoms with Crippen LogP contribution in [0.1, 0.15) is 28.8 Å². The standard InChI is InChI=1S/C19H21FN2O2/c1-13-10-15(20)12-16(11-13)21-19(24)14-2-4-17(5-3-14)22-8-6-18(23)7-9-22/h2-5,10-12,18,23H,6-9H2,1H3,(H,21,24). The molecule has 0 radical (unpaired) electrons. The van der Waals surface area contributed by atoms with Crippen LogP contribution in [0.15, 0.2) is 42.5 Å². The average molecular weight is 328 g/mol. The zero-order valence-corrected chi connectivity index (χ0v) is 13.6. The lowest BCUT2D eigenvalue weighted by molar-refractivity contribution is 0.102. The molecule has 2 aromatic rings. The molecule has 1 heterocycles.